The lowest BCUT2D eigenvalue weighted by Crippen LogP contribution is -2.52. The topological polar surface area (TPSA) is 55.4 Å². The molecule has 1 amide bonds. The lowest BCUT2D eigenvalue weighted by Gasteiger charge is -2.26. The van der Waals surface area contributed by atoms with Crippen molar-refractivity contribution in [3.63, 3.8) is 0 Å². The molecule has 0 spiro atoms. The molecule has 0 radical (unpaired) electrons. The minimum atomic E-state index is -0.974. The molecule has 1 atom stereocenters. The Morgan fingerprint density at radius 1 is 1.42 bits per heavy atom. The van der Waals surface area contributed by atoms with Gasteiger partial charge in [0.1, 0.15) is 5.54 Å². The van der Waals surface area contributed by atoms with E-state index in [4.69, 9.17) is 4.74 Å². The second kappa shape index (κ2) is 6.70. The summed E-state index contributed by atoms with van der Waals surface area (Å²) in [6.45, 7) is 3.49. The third-order valence-corrected chi connectivity index (χ3v) is 3.51. The quantitative estimate of drug-likeness (QED) is 0.845. The van der Waals surface area contributed by atoms with Crippen molar-refractivity contribution in [2.24, 2.45) is 0 Å². The molecule has 0 saturated carbocycles. The Kier molecular flexibility index (Phi) is 5.54. The van der Waals surface area contributed by atoms with Crippen LogP contribution in [0.5, 0.6) is 0 Å². The fourth-order valence-corrected chi connectivity index (χ4v) is 2.14. The van der Waals surface area contributed by atoms with Gasteiger partial charge in [0.2, 0.25) is 5.91 Å². The first-order valence-corrected chi connectivity index (χ1v) is 6.84. The minimum absolute atomic E-state index is 0.201. The summed E-state index contributed by atoms with van der Waals surface area (Å²) in [5.74, 6) is -0.634. The molecular formula is C14H18BrNO3. The Balaban J connectivity index is 2.71. The molecule has 0 aliphatic rings. The number of hydrogen-bond donors (Lipinski definition) is 1. The van der Waals surface area contributed by atoms with Gasteiger partial charge in [-0.05, 0) is 31.0 Å². The van der Waals surface area contributed by atoms with Crippen LogP contribution in [-0.2, 0) is 20.7 Å². The van der Waals surface area contributed by atoms with Crippen LogP contribution >= 0.6 is 15.9 Å². The lowest BCUT2D eigenvalue weighted by molar-refractivity contribution is -0.150. The zero-order valence-corrected chi connectivity index (χ0v) is 12.9. The zero-order chi connectivity index (χ0) is 14.5. The van der Waals surface area contributed by atoms with Crippen LogP contribution < -0.4 is 5.32 Å². The van der Waals surface area contributed by atoms with Gasteiger partial charge in [-0.2, -0.15) is 0 Å². The summed E-state index contributed by atoms with van der Waals surface area (Å²) < 4.78 is 5.64. The van der Waals surface area contributed by atoms with Crippen molar-refractivity contribution in [2.45, 2.75) is 32.2 Å². The molecule has 0 aromatic heterocycles. The van der Waals surface area contributed by atoms with Crippen LogP contribution in [-0.4, -0.2) is 24.5 Å². The Morgan fingerprint density at radius 3 is 2.63 bits per heavy atom. The number of amides is 1. The Bertz CT molecular complexity index is 476. The molecule has 1 N–H and O–H groups in total. The van der Waals surface area contributed by atoms with Gasteiger partial charge in [-0.15, -0.1) is 0 Å². The molecule has 0 fully saturated rings. The van der Waals surface area contributed by atoms with E-state index < -0.39 is 11.5 Å². The van der Waals surface area contributed by atoms with Gasteiger partial charge in [0.05, 0.1) is 13.5 Å². The molecule has 0 bridgehead atoms. The van der Waals surface area contributed by atoms with E-state index in [0.29, 0.717) is 6.42 Å². The normalized spacial score (nSPS) is 13.5. The van der Waals surface area contributed by atoms with Crippen molar-refractivity contribution >= 4 is 27.8 Å². The summed E-state index contributed by atoms with van der Waals surface area (Å²) in [4.78, 5) is 23.6. The molecular weight excluding hydrogens is 310 g/mol. The number of carbonyl (C=O) groups is 2. The van der Waals surface area contributed by atoms with Crippen LogP contribution in [0.3, 0.4) is 0 Å². The van der Waals surface area contributed by atoms with Crippen LogP contribution in [0, 0.1) is 0 Å². The first-order chi connectivity index (χ1) is 8.91. The fraction of sp³-hybridized carbons (Fsp3) is 0.429. The summed E-state index contributed by atoms with van der Waals surface area (Å²) in [5, 5.41) is 2.73. The minimum Gasteiger partial charge on any atom is -0.467 e. The first kappa shape index (κ1) is 15.7. The summed E-state index contributed by atoms with van der Waals surface area (Å²) in [7, 11) is 1.32. The Labute approximate surface area is 121 Å². The van der Waals surface area contributed by atoms with Gasteiger partial charge in [0, 0.05) is 4.47 Å². The molecule has 104 valence electrons. The summed E-state index contributed by atoms with van der Waals surface area (Å²) in [6.07, 6.45) is 0.704. The first-order valence-electron chi connectivity index (χ1n) is 6.05. The largest absolute Gasteiger partial charge is 0.467 e. The summed E-state index contributed by atoms with van der Waals surface area (Å²) in [5.41, 5.74) is -0.0899. The van der Waals surface area contributed by atoms with Crippen LogP contribution in [0.4, 0.5) is 0 Å². The van der Waals surface area contributed by atoms with Crippen LogP contribution in [0.15, 0.2) is 28.7 Å². The predicted molar refractivity (Wildman–Crippen MR) is 76.7 cm³/mol. The maximum absolute atomic E-state index is 12.0. The van der Waals surface area contributed by atoms with Gasteiger partial charge in [0.25, 0.3) is 0 Å². The highest BCUT2D eigenvalue weighted by atomic mass is 79.9. The van der Waals surface area contributed by atoms with Gasteiger partial charge in [-0.3, -0.25) is 4.79 Å². The number of ether oxygens (including phenoxy) is 1. The predicted octanol–water partition coefficient (Wildman–Crippen LogP) is 2.45. The number of rotatable bonds is 5. The third-order valence-electron chi connectivity index (χ3n) is 3.01. The Morgan fingerprint density at radius 2 is 2.11 bits per heavy atom. The smallest absolute Gasteiger partial charge is 0.331 e. The van der Waals surface area contributed by atoms with Crippen molar-refractivity contribution in [1.82, 2.24) is 5.32 Å². The van der Waals surface area contributed by atoms with E-state index in [2.05, 4.69) is 21.2 Å². The molecule has 0 saturated heterocycles. The molecule has 1 aromatic carbocycles. The van der Waals surface area contributed by atoms with Crippen LogP contribution in [0.2, 0.25) is 0 Å². The monoisotopic (exact) mass is 327 g/mol. The molecule has 1 aromatic rings. The maximum atomic E-state index is 12.0. The number of esters is 1. The van der Waals surface area contributed by atoms with E-state index in [1.807, 2.05) is 31.2 Å². The van der Waals surface area contributed by atoms with Crippen molar-refractivity contribution < 1.29 is 14.3 Å². The molecule has 0 aliphatic heterocycles. The molecule has 1 rings (SSSR count). The van der Waals surface area contributed by atoms with Crippen molar-refractivity contribution in [3.8, 4) is 0 Å². The highest BCUT2D eigenvalue weighted by molar-refractivity contribution is 9.10. The van der Waals surface area contributed by atoms with E-state index in [9.17, 15) is 9.59 Å². The van der Waals surface area contributed by atoms with Gasteiger partial charge in [-0.25, -0.2) is 4.79 Å². The molecule has 0 aliphatic carbocycles. The molecule has 1 unspecified atom stereocenters. The Hall–Kier alpha value is -1.36. The second-order valence-electron chi connectivity index (χ2n) is 4.53. The fourth-order valence-electron chi connectivity index (χ4n) is 1.69. The summed E-state index contributed by atoms with van der Waals surface area (Å²) in [6, 6.07) is 7.50. The number of carbonyl (C=O) groups excluding carboxylic acids is 2. The third kappa shape index (κ3) is 4.35. The lowest BCUT2D eigenvalue weighted by atomic mass is 9.98. The highest BCUT2D eigenvalue weighted by Crippen LogP contribution is 2.14. The van der Waals surface area contributed by atoms with Gasteiger partial charge in [-0.1, -0.05) is 35.0 Å². The van der Waals surface area contributed by atoms with E-state index in [-0.39, 0.29) is 12.3 Å². The van der Waals surface area contributed by atoms with Gasteiger partial charge >= 0.3 is 5.97 Å². The average Bonchev–Trinajstić information content (AvgIpc) is 2.37. The standard InChI is InChI=1S/C14H18BrNO3/c1-4-14(2,13(18)19-3)16-12(17)9-10-6-5-7-11(15)8-10/h5-8H,4,9H2,1-3H3,(H,16,17). The average molecular weight is 328 g/mol. The molecule has 4 nitrogen and oxygen atoms in total. The number of benzene rings is 1. The number of hydrogen-bond acceptors (Lipinski definition) is 3. The van der Waals surface area contributed by atoms with E-state index in [1.54, 1.807) is 6.92 Å². The van der Waals surface area contributed by atoms with Crippen molar-refractivity contribution in [3.05, 3.63) is 34.3 Å². The molecule has 0 heterocycles. The molecule has 5 heteroatoms. The summed E-state index contributed by atoms with van der Waals surface area (Å²) >= 11 is 3.36. The van der Waals surface area contributed by atoms with E-state index >= 15 is 0 Å². The van der Waals surface area contributed by atoms with Crippen LogP contribution in [0.1, 0.15) is 25.8 Å². The highest BCUT2D eigenvalue weighted by Gasteiger charge is 2.33. The molecule has 19 heavy (non-hydrogen) atoms. The van der Waals surface area contributed by atoms with E-state index in [0.717, 1.165) is 10.0 Å². The van der Waals surface area contributed by atoms with Gasteiger partial charge < -0.3 is 10.1 Å². The van der Waals surface area contributed by atoms with E-state index in [1.165, 1.54) is 7.11 Å². The number of halogens is 1. The van der Waals surface area contributed by atoms with Crippen molar-refractivity contribution in [1.29, 1.82) is 0 Å². The van der Waals surface area contributed by atoms with Crippen molar-refractivity contribution in [2.75, 3.05) is 7.11 Å². The SMILES string of the molecule is CCC(C)(NC(=O)Cc1cccc(Br)c1)C(=O)OC. The number of nitrogens with one attached hydrogen (secondary N) is 1. The maximum Gasteiger partial charge on any atom is 0.331 e. The van der Waals surface area contributed by atoms with Crippen LogP contribution in [0.25, 0.3) is 0 Å². The zero-order valence-electron chi connectivity index (χ0n) is 11.3. The van der Waals surface area contributed by atoms with Gasteiger partial charge in [0.15, 0.2) is 0 Å². The number of methoxy groups -OCH3 is 1. The second-order valence-corrected chi connectivity index (χ2v) is 5.45.